The lowest BCUT2D eigenvalue weighted by molar-refractivity contribution is -0.153. The van der Waals surface area contributed by atoms with Crippen LogP contribution in [0.3, 0.4) is 0 Å². The Morgan fingerprint density at radius 2 is 1.53 bits per heavy atom. The molecular weight excluding hydrogens is 713 g/mol. The van der Waals surface area contributed by atoms with Crippen LogP contribution in [0.1, 0.15) is 172 Å². The Bertz CT molecular complexity index is 1420. The zero-order valence-corrected chi connectivity index (χ0v) is 40.2. The molecule has 4 aliphatic rings. The molecule has 0 aromatic rings. The SMILES string of the molecule is C=C1C(=CC=C2CCC[C@]3(C)[C@@H]([C@H](C)C(CC(=O)C4(CCCCCCC)CC4)OC(C)=O)CC[C@@H]23)CC(O[Si](C)(C)C(C)(C)C)CC1O[Si](C)(C)C(C)(C)C. The van der Waals surface area contributed by atoms with E-state index in [0.29, 0.717) is 24.0 Å². The molecule has 0 bridgehead atoms. The lowest BCUT2D eigenvalue weighted by Gasteiger charge is -2.46. The van der Waals surface area contributed by atoms with Gasteiger partial charge in [-0.25, -0.2) is 0 Å². The number of hydrogen-bond acceptors (Lipinski definition) is 5. The first-order valence-corrected chi connectivity index (χ1v) is 28.3. The van der Waals surface area contributed by atoms with Crippen LogP contribution in [0.2, 0.25) is 36.3 Å². The summed E-state index contributed by atoms with van der Waals surface area (Å²) < 4.78 is 20.3. The molecule has 314 valence electrons. The van der Waals surface area contributed by atoms with Gasteiger partial charge in [-0.3, -0.25) is 9.59 Å². The summed E-state index contributed by atoms with van der Waals surface area (Å²) in [6.45, 7) is 36.6. The topological polar surface area (TPSA) is 61.8 Å². The van der Waals surface area contributed by atoms with Gasteiger partial charge in [0.05, 0.1) is 12.2 Å². The zero-order chi connectivity index (χ0) is 41.2. The Kier molecular flexibility index (Phi) is 15.1. The predicted molar refractivity (Wildman–Crippen MR) is 236 cm³/mol. The Balaban J connectivity index is 1.55. The van der Waals surface area contributed by atoms with Gasteiger partial charge in [0.15, 0.2) is 16.6 Å². The summed E-state index contributed by atoms with van der Waals surface area (Å²) in [5.74, 6) is 1.12. The van der Waals surface area contributed by atoms with E-state index in [4.69, 9.17) is 20.2 Å². The zero-order valence-electron chi connectivity index (χ0n) is 38.2. The Hall–Kier alpha value is -1.29. The van der Waals surface area contributed by atoms with Crippen LogP contribution in [-0.2, 0) is 23.2 Å². The minimum atomic E-state index is -2.04. The first-order valence-electron chi connectivity index (χ1n) is 22.5. The van der Waals surface area contributed by atoms with E-state index in [0.717, 1.165) is 63.4 Å². The van der Waals surface area contributed by atoms with E-state index in [1.807, 2.05) is 0 Å². The van der Waals surface area contributed by atoms with Gasteiger partial charge in [0.2, 0.25) is 0 Å². The molecule has 3 unspecified atom stereocenters. The van der Waals surface area contributed by atoms with Crippen LogP contribution in [0.15, 0.2) is 35.5 Å². The molecule has 0 saturated heterocycles. The molecule has 4 saturated carbocycles. The molecule has 55 heavy (non-hydrogen) atoms. The van der Waals surface area contributed by atoms with E-state index in [-0.39, 0.29) is 51.1 Å². The summed E-state index contributed by atoms with van der Waals surface area (Å²) in [5, 5.41) is 0.255. The van der Waals surface area contributed by atoms with Gasteiger partial charge in [-0.05, 0) is 128 Å². The number of ether oxygens (including phenoxy) is 1. The van der Waals surface area contributed by atoms with Crippen LogP contribution in [0, 0.1) is 28.6 Å². The molecule has 7 heteroatoms. The van der Waals surface area contributed by atoms with Gasteiger partial charge < -0.3 is 13.6 Å². The van der Waals surface area contributed by atoms with Gasteiger partial charge in [0.1, 0.15) is 11.9 Å². The third kappa shape index (κ3) is 11.1. The fraction of sp³-hybridized carbons (Fsp3) is 0.833. The van der Waals surface area contributed by atoms with Crippen molar-refractivity contribution < 1.29 is 23.2 Å². The van der Waals surface area contributed by atoms with Gasteiger partial charge in [-0.1, -0.05) is 119 Å². The summed E-state index contributed by atoms with van der Waals surface area (Å²) in [6.07, 6.45) is 21.6. The number of hydrogen-bond donors (Lipinski definition) is 0. The van der Waals surface area contributed by atoms with Crippen molar-refractivity contribution in [3.63, 3.8) is 0 Å². The van der Waals surface area contributed by atoms with E-state index in [9.17, 15) is 9.59 Å². The number of ketones is 1. The van der Waals surface area contributed by atoms with Crippen molar-refractivity contribution in [2.75, 3.05) is 0 Å². The molecule has 4 aliphatic carbocycles. The molecule has 0 aliphatic heterocycles. The summed E-state index contributed by atoms with van der Waals surface area (Å²) in [6, 6.07) is 0. The monoisotopic (exact) mass is 797 g/mol. The van der Waals surface area contributed by atoms with Crippen LogP contribution in [0.25, 0.3) is 0 Å². The summed E-state index contributed by atoms with van der Waals surface area (Å²) in [7, 11) is -4.03. The smallest absolute Gasteiger partial charge is 0.302 e. The molecule has 4 fully saturated rings. The molecule has 0 heterocycles. The van der Waals surface area contributed by atoms with E-state index in [1.165, 1.54) is 51.0 Å². The summed E-state index contributed by atoms with van der Waals surface area (Å²) >= 11 is 0. The van der Waals surface area contributed by atoms with Gasteiger partial charge in [0, 0.05) is 25.2 Å². The highest BCUT2D eigenvalue weighted by atomic mass is 28.4. The Morgan fingerprint density at radius 3 is 2.11 bits per heavy atom. The maximum atomic E-state index is 13.9. The number of unbranched alkanes of at least 4 members (excludes halogenated alkanes) is 4. The minimum Gasteiger partial charge on any atom is -0.462 e. The number of fused-ring (bicyclic) bond motifs is 1. The van der Waals surface area contributed by atoms with Crippen molar-refractivity contribution in [2.45, 2.75) is 227 Å². The summed E-state index contributed by atoms with van der Waals surface area (Å²) in [4.78, 5) is 26.4. The Labute approximate surface area is 340 Å². The number of Topliss-reactive ketones (excluding diaryl/α,β-unsaturated/α-hetero) is 1. The second-order valence-electron chi connectivity index (χ2n) is 21.9. The number of allylic oxidation sites excluding steroid dienone is 3. The highest BCUT2D eigenvalue weighted by molar-refractivity contribution is 6.74. The lowest BCUT2D eigenvalue weighted by atomic mass is 9.60. The van der Waals surface area contributed by atoms with E-state index >= 15 is 0 Å². The van der Waals surface area contributed by atoms with Crippen LogP contribution < -0.4 is 0 Å². The Morgan fingerprint density at radius 1 is 0.909 bits per heavy atom. The second kappa shape index (κ2) is 17.9. The van der Waals surface area contributed by atoms with Crippen molar-refractivity contribution in [1.82, 2.24) is 0 Å². The van der Waals surface area contributed by atoms with Crippen LogP contribution >= 0.6 is 0 Å². The molecule has 4 rings (SSSR count). The lowest BCUT2D eigenvalue weighted by Crippen LogP contribution is -2.49. The largest absolute Gasteiger partial charge is 0.462 e. The van der Waals surface area contributed by atoms with Crippen LogP contribution in [0.4, 0.5) is 0 Å². The summed E-state index contributed by atoms with van der Waals surface area (Å²) in [5.41, 5.74) is 3.93. The molecule has 5 nitrogen and oxygen atoms in total. The first kappa shape index (κ1) is 46.4. The van der Waals surface area contributed by atoms with Gasteiger partial charge in [0.25, 0.3) is 0 Å². The molecule has 0 radical (unpaired) electrons. The maximum Gasteiger partial charge on any atom is 0.302 e. The van der Waals surface area contributed by atoms with E-state index in [1.54, 1.807) is 5.57 Å². The van der Waals surface area contributed by atoms with E-state index in [2.05, 4.69) is 101 Å². The third-order valence-corrected chi connectivity index (χ3v) is 24.9. The normalized spacial score (nSPS) is 30.0. The third-order valence-electron chi connectivity index (χ3n) is 15.9. The molecule has 0 N–H and O–H groups in total. The van der Waals surface area contributed by atoms with Crippen molar-refractivity contribution in [1.29, 1.82) is 0 Å². The quantitative estimate of drug-likeness (QED) is 0.0833. The molecule has 0 aromatic heterocycles. The van der Waals surface area contributed by atoms with Gasteiger partial charge in [-0.2, -0.15) is 0 Å². The van der Waals surface area contributed by atoms with Crippen LogP contribution in [0.5, 0.6) is 0 Å². The number of carbonyl (C=O) groups is 2. The van der Waals surface area contributed by atoms with E-state index < -0.39 is 16.6 Å². The van der Waals surface area contributed by atoms with Crippen molar-refractivity contribution in [3.05, 3.63) is 35.5 Å². The highest BCUT2D eigenvalue weighted by Gasteiger charge is 2.54. The van der Waals surface area contributed by atoms with Crippen molar-refractivity contribution in [3.8, 4) is 0 Å². The maximum absolute atomic E-state index is 13.9. The highest BCUT2D eigenvalue weighted by Crippen LogP contribution is 2.60. The van der Waals surface area contributed by atoms with Crippen molar-refractivity contribution in [2.24, 2.45) is 28.6 Å². The average molecular weight is 797 g/mol. The molecule has 7 atom stereocenters. The molecule has 0 amide bonds. The number of rotatable bonds is 17. The second-order valence-corrected chi connectivity index (χ2v) is 31.5. The molecular formula is C48H84O5Si2. The predicted octanol–water partition coefficient (Wildman–Crippen LogP) is 13.9. The fourth-order valence-electron chi connectivity index (χ4n) is 10.0. The number of esters is 1. The molecule has 0 spiro atoms. The fourth-order valence-corrected chi connectivity index (χ4v) is 12.7. The standard InChI is InChI=1S/C48H84O5Si2/c1-16-17-18-19-20-28-48(29-30-48)44(50)33-42(51-36(4)49)35(3)40-25-26-41-37(22-21-27-47(40,41)11)23-24-38-31-39(52-54(12,13)45(5,6)7)32-43(34(38)2)53-55(14,15)46(8,9)10/h23-24,35,39-43H,2,16-22,25-33H2,1,3-15H3/t35-,39?,40+,41-,42?,43?,47+/m0/s1. The number of carbonyl (C=O) groups excluding carboxylic acids is 2. The van der Waals surface area contributed by atoms with Gasteiger partial charge >= 0.3 is 5.97 Å². The average Bonchev–Trinajstić information content (AvgIpc) is 3.77. The van der Waals surface area contributed by atoms with Crippen LogP contribution in [-0.4, -0.2) is 46.7 Å². The molecule has 0 aromatic carbocycles. The first-order chi connectivity index (χ1) is 25.4. The van der Waals surface area contributed by atoms with Gasteiger partial charge in [-0.15, -0.1) is 0 Å². The van der Waals surface area contributed by atoms with Crippen molar-refractivity contribution >= 4 is 28.4 Å². The minimum absolute atomic E-state index is 0.0286.